The molecule has 0 saturated carbocycles. The summed E-state index contributed by atoms with van der Waals surface area (Å²) < 4.78 is 5.02. The maximum absolute atomic E-state index is 12.4. The van der Waals surface area contributed by atoms with Crippen LogP contribution < -0.4 is 0 Å². The number of ketones is 2. The number of nitrogens with zero attached hydrogens (tertiary/aromatic N) is 1. The lowest BCUT2D eigenvalue weighted by Gasteiger charge is -2.14. The van der Waals surface area contributed by atoms with Gasteiger partial charge in [-0.05, 0) is 39.2 Å². The quantitative estimate of drug-likeness (QED) is 0.324. The second-order valence-electron chi connectivity index (χ2n) is 7.50. The molecule has 2 heterocycles. The van der Waals surface area contributed by atoms with Gasteiger partial charge in [0, 0.05) is 17.8 Å². The lowest BCUT2D eigenvalue weighted by atomic mass is 9.85. The molecule has 154 valence electrons. The standard InChI is InChI=1S/C21H24N2O6/c1-11-18(13(3)24)12(2)22-19(11)16(25)10-29-17(26)8-9-23-20(27)14-6-4-5-7-15(14)21(23)28/h4-5,14-15,22H,6-10H2,1-3H3/t14-,15-/m1/s1. The Bertz CT molecular complexity index is 900. The SMILES string of the molecule is CC(=O)c1c(C)[nH]c(C(=O)COC(=O)CCN2C(=O)[C@@H]3CC=CC[C@H]3C2=O)c1C. The molecule has 1 fully saturated rings. The van der Waals surface area contributed by atoms with Gasteiger partial charge in [0.2, 0.25) is 17.6 Å². The van der Waals surface area contributed by atoms with Crippen molar-refractivity contribution >= 4 is 29.4 Å². The van der Waals surface area contributed by atoms with Gasteiger partial charge in [0.05, 0.1) is 24.0 Å². The van der Waals surface area contributed by atoms with Gasteiger partial charge in [-0.25, -0.2) is 0 Å². The Morgan fingerprint density at radius 1 is 1.10 bits per heavy atom. The van der Waals surface area contributed by atoms with E-state index in [9.17, 15) is 24.0 Å². The summed E-state index contributed by atoms with van der Waals surface area (Å²) in [7, 11) is 0. The van der Waals surface area contributed by atoms with Gasteiger partial charge in [-0.1, -0.05) is 12.2 Å². The van der Waals surface area contributed by atoms with Gasteiger partial charge < -0.3 is 9.72 Å². The summed E-state index contributed by atoms with van der Waals surface area (Å²) in [4.78, 5) is 64.8. The predicted octanol–water partition coefficient (Wildman–Crippen LogP) is 1.90. The molecule has 1 aromatic rings. The highest BCUT2D eigenvalue weighted by Gasteiger charge is 2.46. The second-order valence-corrected chi connectivity index (χ2v) is 7.50. The number of allylic oxidation sites excluding steroid dienone is 2. The fraction of sp³-hybridized carbons (Fsp3) is 0.476. The van der Waals surface area contributed by atoms with Crippen molar-refractivity contribution in [2.45, 2.75) is 40.0 Å². The van der Waals surface area contributed by atoms with E-state index in [4.69, 9.17) is 4.74 Å². The first-order chi connectivity index (χ1) is 13.7. The first-order valence-corrected chi connectivity index (χ1v) is 9.61. The Hall–Kier alpha value is -3.03. The number of aromatic amines is 1. The molecule has 8 nitrogen and oxygen atoms in total. The summed E-state index contributed by atoms with van der Waals surface area (Å²) >= 11 is 0. The van der Waals surface area contributed by atoms with Crippen LogP contribution in [0.2, 0.25) is 0 Å². The average Bonchev–Trinajstić information content (AvgIpc) is 3.12. The van der Waals surface area contributed by atoms with Crippen LogP contribution in [0.3, 0.4) is 0 Å². The molecule has 1 aliphatic heterocycles. The van der Waals surface area contributed by atoms with E-state index in [0.29, 0.717) is 29.7 Å². The minimum atomic E-state index is -0.667. The van der Waals surface area contributed by atoms with Crippen LogP contribution in [0.1, 0.15) is 58.3 Å². The summed E-state index contributed by atoms with van der Waals surface area (Å²) in [5.74, 6) is -2.43. The molecule has 1 saturated heterocycles. The summed E-state index contributed by atoms with van der Waals surface area (Å²) in [5, 5.41) is 0. The van der Waals surface area contributed by atoms with Crippen LogP contribution in [0.5, 0.6) is 0 Å². The van der Waals surface area contributed by atoms with E-state index in [0.717, 1.165) is 4.90 Å². The number of nitrogens with one attached hydrogen (secondary N) is 1. The van der Waals surface area contributed by atoms with Crippen LogP contribution >= 0.6 is 0 Å². The van der Waals surface area contributed by atoms with Gasteiger partial charge in [-0.3, -0.25) is 28.9 Å². The first-order valence-electron chi connectivity index (χ1n) is 9.61. The molecular weight excluding hydrogens is 376 g/mol. The number of aryl methyl sites for hydroxylation is 1. The number of carbonyl (C=O) groups is 5. The number of hydrogen-bond donors (Lipinski definition) is 1. The smallest absolute Gasteiger partial charge is 0.308 e. The number of rotatable bonds is 7. The molecule has 0 bridgehead atoms. The number of Topliss-reactive ketones (excluding diaryl/α,β-unsaturated/α-hetero) is 2. The van der Waals surface area contributed by atoms with Gasteiger partial charge in [-0.2, -0.15) is 0 Å². The Morgan fingerprint density at radius 2 is 1.69 bits per heavy atom. The third kappa shape index (κ3) is 3.92. The number of esters is 1. The largest absolute Gasteiger partial charge is 0.457 e. The number of ether oxygens (including phenoxy) is 1. The van der Waals surface area contributed by atoms with Gasteiger partial charge in [-0.15, -0.1) is 0 Å². The molecular formula is C21H24N2O6. The van der Waals surface area contributed by atoms with Crippen molar-refractivity contribution in [3.63, 3.8) is 0 Å². The Labute approximate surface area is 168 Å². The molecule has 0 aromatic carbocycles. The molecule has 0 radical (unpaired) electrons. The van der Waals surface area contributed by atoms with Crippen LogP contribution in [0.4, 0.5) is 0 Å². The van der Waals surface area contributed by atoms with E-state index in [2.05, 4.69) is 4.98 Å². The van der Waals surface area contributed by atoms with Crippen molar-refractivity contribution < 1.29 is 28.7 Å². The van der Waals surface area contributed by atoms with Gasteiger partial charge in [0.15, 0.2) is 12.4 Å². The van der Waals surface area contributed by atoms with Crippen LogP contribution in [-0.2, 0) is 19.1 Å². The zero-order valence-electron chi connectivity index (χ0n) is 16.7. The number of carbonyl (C=O) groups excluding carboxylic acids is 5. The van der Waals surface area contributed by atoms with Crippen molar-refractivity contribution in [3.8, 4) is 0 Å². The average molecular weight is 400 g/mol. The maximum Gasteiger partial charge on any atom is 0.308 e. The van der Waals surface area contributed by atoms with Gasteiger partial charge in [0.25, 0.3) is 0 Å². The van der Waals surface area contributed by atoms with Crippen LogP contribution in [0.15, 0.2) is 12.2 Å². The van der Waals surface area contributed by atoms with E-state index in [1.807, 2.05) is 12.2 Å². The lowest BCUT2D eigenvalue weighted by molar-refractivity contribution is -0.145. The molecule has 2 aliphatic rings. The Kier molecular flexibility index (Phi) is 5.81. The number of imide groups is 1. The molecule has 0 unspecified atom stereocenters. The number of H-pyrrole nitrogens is 1. The zero-order valence-corrected chi connectivity index (χ0v) is 16.7. The second kappa shape index (κ2) is 8.14. The molecule has 8 heteroatoms. The summed E-state index contributed by atoms with van der Waals surface area (Å²) in [6, 6.07) is 0. The van der Waals surface area contributed by atoms with Crippen LogP contribution in [-0.4, -0.2) is 52.4 Å². The number of likely N-dealkylation sites (tertiary alicyclic amines) is 1. The van der Waals surface area contributed by atoms with E-state index >= 15 is 0 Å². The van der Waals surface area contributed by atoms with E-state index in [-0.39, 0.29) is 48.1 Å². The van der Waals surface area contributed by atoms with Gasteiger partial charge in [0.1, 0.15) is 0 Å². The fourth-order valence-corrected chi connectivity index (χ4v) is 4.14. The lowest BCUT2D eigenvalue weighted by Crippen LogP contribution is -2.33. The number of hydrogen-bond acceptors (Lipinski definition) is 6. The van der Waals surface area contributed by atoms with Gasteiger partial charge >= 0.3 is 5.97 Å². The van der Waals surface area contributed by atoms with Crippen molar-refractivity contribution in [2.75, 3.05) is 13.2 Å². The molecule has 1 aliphatic carbocycles. The summed E-state index contributed by atoms with van der Waals surface area (Å²) in [6.07, 6.45) is 4.72. The number of amides is 2. The topological polar surface area (TPSA) is 114 Å². The Balaban J connectivity index is 1.53. The zero-order chi connectivity index (χ0) is 21.3. The highest BCUT2D eigenvalue weighted by atomic mass is 16.5. The van der Waals surface area contributed by atoms with Crippen molar-refractivity contribution in [1.29, 1.82) is 0 Å². The number of fused-ring (bicyclic) bond motifs is 1. The molecule has 1 aromatic heterocycles. The van der Waals surface area contributed by atoms with Crippen molar-refractivity contribution in [2.24, 2.45) is 11.8 Å². The Morgan fingerprint density at radius 3 is 2.21 bits per heavy atom. The van der Waals surface area contributed by atoms with Crippen molar-refractivity contribution in [3.05, 3.63) is 34.7 Å². The summed E-state index contributed by atoms with van der Waals surface area (Å²) in [6.45, 7) is 4.25. The summed E-state index contributed by atoms with van der Waals surface area (Å²) in [5.41, 5.74) is 1.82. The normalized spacial score (nSPS) is 20.7. The highest BCUT2D eigenvalue weighted by Crippen LogP contribution is 2.35. The number of aromatic nitrogens is 1. The molecule has 2 atom stereocenters. The highest BCUT2D eigenvalue weighted by molar-refractivity contribution is 6.06. The minimum Gasteiger partial charge on any atom is -0.457 e. The van der Waals surface area contributed by atoms with E-state index < -0.39 is 18.4 Å². The molecule has 0 spiro atoms. The van der Waals surface area contributed by atoms with E-state index in [1.54, 1.807) is 13.8 Å². The van der Waals surface area contributed by atoms with Crippen molar-refractivity contribution in [1.82, 2.24) is 9.88 Å². The molecule has 2 amide bonds. The third-order valence-corrected chi connectivity index (χ3v) is 5.57. The third-order valence-electron chi connectivity index (χ3n) is 5.57. The first kappa shape index (κ1) is 20.7. The molecule has 1 N–H and O–H groups in total. The maximum atomic E-state index is 12.4. The molecule has 29 heavy (non-hydrogen) atoms. The molecule has 3 rings (SSSR count). The fourth-order valence-electron chi connectivity index (χ4n) is 4.14. The van der Waals surface area contributed by atoms with Crippen LogP contribution in [0, 0.1) is 25.7 Å². The van der Waals surface area contributed by atoms with E-state index in [1.165, 1.54) is 6.92 Å². The van der Waals surface area contributed by atoms with Crippen LogP contribution in [0.25, 0.3) is 0 Å². The monoisotopic (exact) mass is 400 g/mol. The predicted molar refractivity (Wildman–Crippen MR) is 102 cm³/mol. The minimum absolute atomic E-state index is 0.0488.